The zero-order valence-corrected chi connectivity index (χ0v) is 17.5. The van der Waals surface area contributed by atoms with Gasteiger partial charge in [0, 0.05) is 0 Å². The third-order valence-corrected chi connectivity index (χ3v) is 5.10. The Bertz CT molecular complexity index is 528. The van der Waals surface area contributed by atoms with Crippen molar-refractivity contribution in [2.75, 3.05) is 0 Å². The fourth-order valence-electron chi connectivity index (χ4n) is 2.96. The molecule has 4 heteroatoms. The van der Waals surface area contributed by atoms with Crippen molar-refractivity contribution in [1.82, 2.24) is 0 Å². The molecule has 0 aliphatic carbocycles. The number of allylic oxidation sites excluding steroid dienone is 5. The van der Waals surface area contributed by atoms with Gasteiger partial charge in [0.15, 0.2) is 0 Å². The van der Waals surface area contributed by atoms with Crippen LogP contribution in [0.1, 0.15) is 79.1 Å². The molecule has 1 aliphatic rings. The number of epoxide rings is 1. The van der Waals surface area contributed by atoms with Crippen molar-refractivity contribution in [3.63, 3.8) is 0 Å². The van der Waals surface area contributed by atoms with Crippen molar-refractivity contribution >= 4 is 5.97 Å². The summed E-state index contributed by atoms with van der Waals surface area (Å²) in [5.74, 6) is -0.797. The lowest BCUT2D eigenvalue weighted by atomic mass is 9.86. The molecule has 2 N–H and O–H groups in total. The van der Waals surface area contributed by atoms with Crippen molar-refractivity contribution in [3.05, 3.63) is 36.5 Å². The predicted molar refractivity (Wildman–Crippen MR) is 111 cm³/mol. The van der Waals surface area contributed by atoms with Crippen LogP contribution >= 0.6 is 0 Å². The lowest BCUT2D eigenvalue weighted by molar-refractivity contribution is -0.147. The lowest BCUT2D eigenvalue weighted by Gasteiger charge is -2.19. The summed E-state index contributed by atoms with van der Waals surface area (Å²) >= 11 is 0. The molecule has 3 atom stereocenters. The molecule has 3 unspecified atom stereocenters. The van der Waals surface area contributed by atoms with Crippen molar-refractivity contribution < 1.29 is 19.7 Å². The molecule has 1 heterocycles. The first-order valence-corrected chi connectivity index (χ1v) is 10.3. The third kappa shape index (κ3) is 9.39. The SMILES string of the molecule is CCCCC/C=C\C/C=C\C/C=C\C(C)(O)C1OC1CCC(C)(C)C(=O)O. The van der Waals surface area contributed by atoms with E-state index in [0.717, 1.165) is 19.3 Å². The summed E-state index contributed by atoms with van der Waals surface area (Å²) in [5, 5.41) is 19.7. The molecule has 0 amide bonds. The minimum atomic E-state index is -1.01. The van der Waals surface area contributed by atoms with Gasteiger partial charge in [-0.15, -0.1) is 0 Å². The Morgan fingerprint density at radius 3 is 2.30 bits per heavy atom. The van der Waals surface area contributed by atoms with Gasteiger partial charge < -0.3 is 14.9 Å². The van der Waals surface area contributed by atoms with E-state index in [1.807, 2.05) is 6.08 Å². The molecular weight excluding hydrogens is 340 g/mol. The number of hydrogen-bond donors (Lipinski definition) is 2. The molecule has 0 bridgehead atoms. The summed E-state index contributed by atoms with van der Waals surface area (Å²) in [6, 6.07) is 0. The second kappa shape index (κ2) is 11.5. The maximum Gasteiger partial charge on any atom is 0.309 e. The molecule has 1 fully saturated rings. The number of aliphatic hydroxyl groups is 1. The standard InChI is InChI=1S/C23H38O4/c1-5-6-7-8-9-10-11-12-13-14-15-17-23(4,26)20-19(27-20)16-18-22(2,3)21(24)25/h9-10,12-13,15,17,19-20,26H,5-8,11,14,16,18H2,1-4H3,(H,24,25)/b10-9-,13-12-,17-15-. The highest BCUT2D eigenvalue weighted by molar-refractivity contribution is 5.73. The Kier molecular flexibility index (Phi) is 10.0. The van der Waals surface area contributed by atoms with E-state index in [0.29, 0.717) is 12.8 Å². The van der Waals surface area contributed by atoms with Gasteiger partial charge in [-0.3, -0.25) is 4.79 Å². The lowest BCUT2D eigenvalue weighted by Crippen LogP contribution is -2.30. The van der Waals surface area contributed by atoms with Gasteiger partial charge in [0.2, 0.25) is 0 Å². The van der Waals surface area contributed by atoms with E-state index in [9.17, 15) is 9.90 Å². The van der Waals surface area contributed by atoms with E-state index < -0.39 is 17.0 Å². The third-order valence-electron chi connectivity index (χ3n) is 5.10. The Morgan fingerprint density at radius 1 is 1.04 bits per heavy atom. The fraction of sp³-hybridized carbons (Fsp3) is 0.696. The van der Waals surface area contributed by atoms with Crippen molar-refractivity contribution in [1.29, 1.82) is 0 Å². The summed E-state index contributed by atoms with van der Waals surface area (Å²) in [7, 11) is 0. The van der Waals surface area contributed by atoms with Crippen LogP contribution in [-0.2, 0) is 9.53 Å². The fourth-order valence-corrected chi connectivity index (χ4v) is 2.96. The number of hydrogen-bond acceptors (Lipinski definition) is 3. The van der Waals surface area contributed by atoms with E-state index in [-0.39, 0.29) is 12.2 Å². The molecule has 0 aromatic rings. The average Bonchev–Trinajstić information content (AvgIpc) is 3.38. The molecule has 1 saturated heterocycles. The van der Waals surface area contributed by atoms with Gasteiger partial charge in [-0.1, -0.05) is 56.2 Å². The van der Waals surface area contributed by atoms with Gasteiger partial charge in [-0.2, -0.15) is 0 Å². The van der Waals surface area contributed by atoms with Gasteiger partial charge in [-0.25, -0.2) is 0 Å². The van der Waals surface area contributed by atoms with Crippen molar-refractivity contribution in [2.45, 2.75) is 96.9 Å². The Hall–Kier alpha value is -1.39. The van der Waals surface area contributed by atoms with E-state index in [1.165, 1.54) is 19.3 Å². The predicted octanol–water partition coefficient (Wildman–Crippen LogP) is 5.42. The number of aliphatic carboxylic acids is 1. The zero-order chi connectivity index (χ0) is 20.3. The first kappa shape index (κ1) is 23.6. The Labute approximate surface area is 165 Å². The molecule has 4 nitrogen and oxygen atoms in total. The van der Waals surface area contributed by atoms with E-state index in [1.54, 1.807) is 26.8 Å². The van der Waals surface area contributed by atoms with Crippen LogP contribution in [0.2, 0.25) is 0 Å². The van der Waals surface area contributed by atoms with E-state index in [4.69, 9.17) is 9.84 Å². The average molecular weight is 379 g/mol. The Balaban J connectivity index is 2.23. The maximum atomic E-state index is 11.1. The van der Waals surface area contributed by atoms with Gasteiger partial charge in [0.1, 0.15) is 11.7 Å². The van der Waals surface area contributed by atoms with E-state index in [2.05, 4.69) is 31.2 Å². The van der Waals surface area contributed by atoms with Crippen LogP contribution in [0.25, 0.3) is 0 Å². The summed E-state index contributed by atoms with van der Waals surface area (Å²) in [4.78, 5) is 11.1. The molecule has 0 aromatic heterocycles. The highest BCUT2D eigenvalue weighted by atomic mass is 16.6. The van der Waals surface area contributed by atoms with Gasteiger partial charge in [0.25, 0.3) is 0 Å². The van der Waals surface area contributed by atoms with Crippen LogP contribution in [0.4, 0.5) is 0 Å². The summed E-state index contributed by atoms with van der Waals surface area (Å²) in [6.45, 7) is 7.40. The van der Waals surface area contributed by atoms with Crippen LogP contribution in [0.3, 0.4) is 0 Å². The number of carboxylic acid groups (broad SMARTS) is 1. The molecular formula is C23H38O4. The normalized spacial score (nSPS) is 22.7. The van der Waals surface area contributed by atoms with Gasteiger partial charge in [0.05, 0.1) is 11.5 Å². The number of carboxylic acids is 1. The molecule has 0 saturated carbocycles. The van der Waals surface area contributed by atoms with E-state index >= 15 is 0 Å². The molecule has 0 spiro atoms. The maximum absolute atomic E-state index is 11.1. The molecule has 27 heavy (non-hydrogen) atoms. The monoisotopic (exact) mass is 378 g/mol. The molecule has 154 valence electrons. The van der Waals surface area contributed by atoms with Crippen molar-refractivity contribution in [3.8, 4) is 0 Å². The molecule has 1 aliphatic heterocycles. The van der Waals surface area contributed by atoms with Crippen molar-refractivity contribution in [2.24, 2.45) is 5.41 Å². The summed E-state index contributed by atoms with van der Waals surface area (Å²) < 4.78 is 5.59. The number of unbranched alkanes of at least 4 members (excludes halogenated alkanes) is 3. The quantitative estimate of drug-likeness (QED) is 0.240. The highest BCUT2D eigenvalue weighted by Gasteiger charge is 2.50. The second-order valence-corrected chi connectivity index (χ2v) is 8.36. The van der Waals surface area contributed by atoms with Gasteiger partial charge >= 0.3 is 5.97 Å². The van der Waals surface area contributed by atoms with Crippen LogP contribution in [0.15, 0.2) is 36.5 Å². The van der Waals surface area contributed by atoms with Gasteiger partial charge in [-0.05, 0) is 59.3 Å². The second-order valence-electron chi connectivity index (χ2n) is 8.36. The minimum absolute atomic E-state index is 0.0586. The number of carbonyl (C=O) groups is 1. The van der Waals surface area contributed by atoms with Crippen LogP contribution in [0.5, 0.6) is 0 Å². The Morgan fingerprint density at radius 2 is 1.67 bits per heavy atom. The van der Waals surface area contributed by atoms with Crippen LogP contribution in [0, 0.1) is 5.41 Å². The summed E-state index contributed by atoms with van der Waals surface area (Å²) in [6.07, 6.45) is 20.1. The first-order valence-electron chi connectivity index (χ1n) is 10.3. The molecule has 1 rings (SSSR count). The van der Waals surface area contributed by atoms with Crippen LogP contribution < -0.4 is 0 Å². The van der Waals surface area contributed by atoms with Crippen LogP contribution in [-0.4, -0.2) is 34.0 Å². The highest BCUT2D eigenvalue weighted by Crippen LogP contribution is 2.38. The number of rotatable bonds is 14. The smallest absolute Gasteiger partial charge is 0.309 e. The number of ether oxygens (including phenoxy) is 1. The largest absolute Gasteiger partial charge is 0.481 e. The molecule has 0 radical (unpaired) electrons. The first-order chi connectivity index (χ1) is 12.7. The molecule has 0 aromatic carbocycles. The summed E-state index contributed by atoms with van der Waals surface area (Å²) in [5.41, 5.74) is -1.77. The zero-order valence-electron chi connectivity index (χ0n) is 17.5. The minimum Gasteiger partial charge on any atom is -0.481 e. The topological polar surface area (TPSA) is 70.1 Å².